The van der Waals surface area contributed by atoms with E-state index < -0.39 is 11.5 Å². The molecule has 2 aromatic rings. The molecule has 3 heterocycles. The second-order valence-electron chi connectivity index (χ2n) is 6.00. The number of hydrogen-bond donors (Lipinski definition) is 0. The average molecular weight is 358 g/mol. The molecule has 25 heavy (non-hydrogen) atoms. The maximum atomic E-state index is 12.7. The fourth-order valence-corrected chi connectivity index (χ4v) is 4.01. The second-order valence-corrected chi connectivity index (χ2v) is 6.92. The van der Waals surface area contributed by atoms with Crippen LogP contribution in [0.3, 0.4) is 0 Å². The Bertz CT molecular complexity index is 937. The Labute approximate surface area is 146 Å². The second kappa shape index (κ2) is 6.03. The van der Waals surface area contributed by atoms with Crippen LogP contribution >= 0.6 is 11.8 Å². The highest BCUT2D eigenvalue weighted by Crippen LogP contribution is 2.27. The summed E-state index contributed by atoms with van der Waals surface area (Å²) in [7, 11) is 0. The van der Waals surface area contributed by atoms with Crippen molar-refractivity contribution < 1.29 is 18.8 Å². The van der Waals surface area contributed by atoms with Gasteiger partial charge in [0.25, 0.3) is 11.1 Å². The number of carbonyl (C=O) groups excluding carboxylic acids is 3. The van der Waals surface area contributed by atoms with E-state index in [1.54, 1.807) is 24.3 Å². The van der Waals surface area contributed by atoms with E-state index in [0.29, 0.717) is 23.9 Å². The maximum absolute atomic E-state index is 12.7. The van der Waals surface area contributed by atoms with Gasteiger partial charge >= 0.3 is 5.63 Å². The number of fused-ring (bicyclic) bond motifs is 1. The maximum Gasteiger partial charge on any atom is 0.349 e. The topological polar surface area (TPSA) is 87.9 Å². The highest BCUT2D eigenvalue weighted by Gasteiger charge is 2.40. The van der Waals surface area contributed by atoms with Crippen molar-refractivity contribution >= 4 is 39.8 Å². The van der Waals surface area contributed by atoms with Gasteiger partial charge in [-0.15, -0.1) is 0 Å². The summed E-state index contributed by atoms with van der Waals surface area (Å²) in [5, 5.41) is 0.400. The first-order valence-corrected chi connectivity index (χ1v) is 8.84. The quantitative estimate of drug-likeness (QED) is 0.760. The normalized spacial score (nSPS) is 20.7. The SMILES string of the molecule is O=C(c1cc2ccccc2oc1=O)N1CCC(N2C(=O)CSC2=O)C1. The van der Waals surface area contributed by atoms with Gasteiger partial charge in [-0.25, -0.2) is 4.79 Å². The van der Waals surface area contributed by atoms with E-state index in [1.165, 1.54) is 15.9 Å². The first-order chi connectivity index (χ1) is 12.0. The zero-order valence-corrected chi connectivity index (χ0v) is 14.0. The van der Waals surface area contributed by atoms with E-state index in [2.05, 4.69) is 0 Å². The molecule has 3 amide bonds. The van der Waals surface area contributed by atoms with Crippen molar-refractivity contribution in [3.05, 3.63) is 46.3 Å². The number of thioether (sulfide) groups is 1. The van der Waals surface area contributed by atoms with Gasteiger partial charge in [0.2, 0.25) is 5.91 Å². The molecule has 0 radical (unpaired) electrons. The molecule has 8 heteroatoms. The monoisotopic (exact) mass is 358 g/mol. The Balaban J connectivity index is 1.58. The summed E-state index contributed by atoms with van der Waals surface area (Å²) in [5.74, 6) is -0.509. The number of benzene rings is 1. The van der Waals surface area contributed by atoms with Crippen molar-refractivity contribution in [1.82, 2.24) is 9.80 Å². The van der Waals surface area contributed by atoms with Crippen molar-refractivity contribution in [3.63, 3.8) is 0 Å². The molecule has 1 aromatic heterocycles. The third-order valence-electron chi connectivity index (χ3n) is 4.47. The van der Waals surface area contributed by atoms with Gasteiger partial charge < -0.3 is 9.32 Å². The van der Waals surface area contributed by atoms with Gasteiger partial charge in [-0.2, -0.15) is 0 Å². The van der Waals surface area contributed by atoms with Crippen LogP contribution in [0.25, 0.3) is 11.0 Å². The molecule has 1 aromatic carbocycles. The Hall–Kier alpha value is -2.61. The predicted molar refractivity (Wildman–Crippen MR) is 91.5 cm³/mol. The summed E-state index contributed by atoms with van der Waals surface area (Å²) in [6.07, 6.45) is 0.517. The predicted octanol–water partition coefficient (Wildman–Crippen LogP) is 1.70. The Kier molecular flexibility index (Phi) is 3.84. The van der Waals surface area contributed by atoms with Crippen molar-refractivity contribution in [1.29, 1.82) is 0 Å². The van der Waals surface area contributed by atoms with E-state index >= 15 is 0 Å². The first kappa shape index (κ1) is 15.9. The lowest BCUT2D eigenvalue weighted by Gasteiger charge is -2.21. The fraction of sp³-hybridized carbons (Fsp3) is 0.294. The molecule has 1 atom stereocenters. The van der Waals surface area contributed by atoms with Gasteiger partial charge in [-0.05, 0) is 18.6 Å². The lowest BCUT2D eigenvalue weighted by atomic mass is 10.1. The summed E-state index contributed by atoms with van der Waals surface area (Å²) < 4.78 is 5.21. The van der Waals surface area contributed by atoms with Gasteiger partial charge in [0.05, 0.1) is 11.8 Å². The number of rotatable bonds is 2. The Morgan fingerprint density at radius 3 is 2.76 bits per heavy atom. The standard InChI is InChI=1S/C17H14N2O5S/c20-14-9-25-17(23)19(14)11-5-6-18(8-11)15(21)12-7-10-3-1-2-4-13(10)24-16(12)22/h1-4,7,11H,5-6,8-9H2. The largest absolute Gasteiger partial charge is 0.422 e. The zero-order chi connectivity index (χ0) is 17.6. The van der Waals surface area contributed by atoms with Crippen LogP contribution in [-0.2, 0) is 4.79 Å². The summed E-state index contributed by atoms with van der Waals surface area (Å²) in [4.78, 5) is 51.2. The van der Waals surface area contributed by atoms with E-state index in [9.17, 15) is 19.2 Å². The molecule has 0 N–H and O–H groups in total. The average Bonchev–Trinajstić information content (AvgIpc) is 3.20. The number of para-hydroxylation sites is 1. The van der Waals surface area contributed by atoms with E-state index in [0.717, 1.165) is 11.8 Å². The molecule has 0 spiro atoms. The summed E-state index contributed by atoms with van der Waals surface area (Å²) in [6.45, 7) is 0.626. The molecule has 7 nitrogen and oxygen atoms in total. The third kappa shape index (κ3) is 2.72. The molecular weight excluding hydrogens is 344 g/mol. The van der Waals surface area contributed by atoms with Crippen molar-refractivity contribution in [2.45, 2.75) is 12.5 Å². The minimum Gasteiger partial charge on any atom is -0.422 e. The molecular formula is C17H14N2O5S. The summed E-state index contributed by atoms with van der Waals surface area (Å²) >= 11 is 0.979. The minimum atomic E-state index is -0.684. The van der Waals surface area contributed by atoms with E-state index in [4.69, 9.17) is 4.42 Å². The van der Waals surface area contributed by atoms with Gasteiger partial charge in [0.1, 0.15) is 11.1 Å². The number of imide groups is 1. The number of hydrogen-bond acceptors (Lipinski definition) is 6. The van der Waals surface area contributed by atoms with Crippen LogP contribution in [-0.4, -0.2) is 51.7 Å². The smallest absolute Gasteiger partial charge is 0.349 e. The Morgan fingerprint density at radius 1 is 1.20 bits per heavy atom. The van der Waals surface area contributed by atoms with Gasteiger partial charge in [-0.1, -0.05) is 30.0 Å². The van der Waals surface area contributed by atoms with Crippen molar-refractivity contribution in [2.24, 2.45) is 0 Å². The molecule has 2 aliphatic rings. The van der Waals surface area contributed by atoms with Crippen LogP contribution in [0.4, 0.5) is 4.79 Å². The molecule has 2 fully saturated rings. The highest BCUT2D eigenvalue weighted by atomic mass is 32.2. The third-order valence-corrected chi connectivity index (χ3v) is 5.31. The van der Waals surface area contributed by atoms with Crippen LogP contribution in [0.2, 0.25) is 0 Å². The van der Waals surface area contributed by atoms with Gasteiger partial charge in [0.15, 0.2) is 0 Å². The molecule has 2 saturated heterocycles. The number of carbonyl (C=O) groups is 3. The zero-order valence-electron chi connectivity index (χ0n) is 13.1. The lowest BCUT2D eigenvalue weighted by molar-refractivity contribution is -0.126. The highest BCUT2D eigenvalue weighted by molar-refractivity contribution is 8.14. The number of likely N-dealkylation sites (tertiary alicyclic amines) is 1. The number of nitrogens with zero attached hydrogens (tertiary/aromatic N) is 2. The molecule has 0 aliphatic carbocycles. The van der Waals surface area contributed by atoms with Crippen LogP contribution in [0.5, 0.6) is 0 Å². The molecule has 4 rings (SSSR count). The first-order valence-electron chi connectivity index (χ1n) is 7.85. The fourth-order valence-electron chi connectivity index (χ4n) is 3.24. The molecule has 0 saturated carbocycles. The molecule has 2 aliphatic heterocycles. The van der Waals surface area contributed by atoms with E-state index in [1.807, 2.05) is 0 Å². The lowest BCUT2D eigenvalue weighted by Crippen LogP contribution is -2.42. The van der Waals surface area contributed by atoms with Crippen LogP contribution < -0.4 is 5.63 Å². The molecule has 0 bridgehead atoms. The minimum absolute atomic E-state index is 0.0344. The van der Waals surface area contributed by atoms with Gasteiger partial charge in [-0.3, -0.25) is 19.3 Å². The summed E-state index contributed by atoms with van der Waals surface area (Å²) in [6, 6.07) is 8.18. The van der Waals surface area contributed by atoms with Crippen molar-refractivity contribution in [3.8, 4) is 0 Å². The molecule has 1 unspecified atom stereocenters. The van der Waals surface area contributed by atoms with Crippen LogP contribution in [0, 0.1) is 0 Å². The molecule has 128 valence electrons. The van der Waals surface area contributed by atoms with E-state index in [-0.39, 0.29) is 35.0 Å². The number of amides is 3. The van der Waals surface area contributed by atoms with Gasteiger partial charge in [0, 0.05) is 18.5 Å². The Morgan fingerprint density at radius 2 is 2.00 bits per heavy atom. The van der Waals surface area contributed by atoms with Crippen molar-refractivity contribution in [2.75, 3.05) is 18.8 Å². The van der Waals surface area contributed by atoms with Crippen LogP contribution in [0.15, 0.2) is 39.5 Å². The van der Waals surface area contributed by atoms with Crippen LogP contribution in [0.1, 0.15) is 16.8 Å². The summed E-state index contributed by atoms with van der Waals surface area (Å²) in [5.41, 5.74) is -0.294.